The zero-order valence-corrected chi connectivity index (χ0v) is 17.7. The molecule has 1 amide bonds. The number of amides is 1. The molecule has 0 bridgehead atoms. The Morgan fingerprint density at radius 3 is 2.50 bits per heavy atom. The highest BCUT2D eigenvalue weighted by Gasteiger charge is 2.44. The summed E-state index contributed by atoms with van der Waals surface area (Å²) in [5.41, 5.74) is 1.48. The number of aliphatic hydroxyl groups excluding tert-OH is 1. The van der Waals surface area contributed by atoms with Crippen molar-refractivity contribution >= 4 is 34.6 Å². The number of carbonyl (C=O) groups excluding carboxylic acids is 2. The van der Waals surface area contributed by atoms with Crippen LogP contribution in [0.25, 0.3) is 0 Å². The van der Waals surface area contributed by atoms with Crippen molar-refractivity contribution in [1.29, 1.82) is 0 Å². The summed E-state index contributed by atoms with van der Waals surface area (Å²) in [6.45, 7) is 6.15. The molecule has 1 aliphatic heterocycles. The first-order valence-electron chi connectivity index (χ1n) is 9.33. The lowest BCUT2D eigenvalue weighted by Gasteiger charge is -2.26. The van der Waals surface area contributed by atoms with E-state index in [-0.39, 0.29) is 11.4 Å². The Labute approximate surface area is 173 Å². The molecule has 2 heterocycles. The maximum Gasteiger partial charge on any atom is 0.290 e. The maximum absolute atomic E-state index is 13.3. The van der Waals surface area contributed by atoms with Crippen LogP contribution in [0, 0.1) is 13.8 Å². The van der Waals surface area contributed by atoms with Gasteiger partial charge in [0.1, 0.15) is 0 Å². The van der Waals surface area contributed by atoms with Crippen LogP contribution in [0.4, 0.5) is 0 Å². The van der Waals surface area contributed by atoms with Gasteiger partial charge in [-0.2, -0.15) is 0 Å². The van der Waals surface area contributed by atoms with Crippen molar-refractivity contribution < 1.29 is 14.7 Å². The fourth-order valence-corrected chi connectivity index (χ4v) is 4.50. The molecule has 148 valence electrons. The van der Waals surface area contributed by atoms with Crippen LogP contribution in [-0.4, -0.2) is 33.2 Å². The van der Waals surface area contributed by atoms with Gasteiger partial charge < -0.3 is 10.0 Å². The number of ketones is 1. The van der Waals surface area contributed by atoms with Gasteiger partial charge in [-0.25, -0.2) is 4.98 Å². The molecule has 1 aromatic heterocycles. The molecule has 1 unspecified atom stereocenters. The molecule has 2 aromatic rings. The number of rotatable bonds is 7. The minimum Gasteiger partial charge on any atom is -0.503 e. The molecule has 3 rings (SSSR count). The van der Waals surface area contributed by atoms with Crippen molar-refractivity contribution in [2.24, 2.45) is 0 Å². The third kappa shape index (κ3) is 3.84. The number of unbranched alkanes of at least 4 members (excludes halogenated alkanes) is 2. The van der Waals surface area contributed by atoms with E-state index >= 15 is 0 Å². The molecular weight excluding hydrogens is 396 g/mol. The lowest BCUT2D eigenvalue weighted by atomic mass is 9.95. The van der Waals surface area contributed by atoms with Gasteiger partial charge in [0.2, 0.25) is 5.78 Å². The average molecular weight is 419 g/mol. The highest BCUT2D eigenvalue weighted by molar-refractivity contribution is 7.14. The summed E-state index contributed by atoms with van der Waals surface area (Å²) in [5.74, 6) is -1.31. The Balaban J connectivity index is 2.06. The number of hydrogen-bond donors (Lipinski definition) is 1. The first kappa shape index (κ1) is 20.6. The topological polar surface area (TPSA) is 70.5 Å². The van der Waals surface area contributed by atoms with Crippen LogP contribution in [-0.2, 0) is 4.79 Å². The first-order chi connectivity index (χ1) is 13.3. The number of hydrogen-bond acceptors (Lipinski definition) is 5. The third-order valence-corrected chi connectivity index (χ3v) is 6.17. The average Bonchev–Trinajstić information content (AvgIpc) is 3.13. The second kappa shape index (κ2) is 8.45. The lowest BCUT2D eigenvalue weighted by Crippen LogP contribution is -2.32. The third-order valence-electron chi connectivity index (χ3n) is 4.85. The highest BCUT2D eigenvalue weighted by atomic mass is 35.5. The Bertz CT molecular complexity index is 934. The number of Topliss-reactive ketones (excluding diaryl/α,β-unsaturated/α-hetero) is 1. The van der Waals surface area contributed by atoms with Gasteiger partial charge >= 0.3 is 0 Å². The van der Waals surface area contributed by atoms with Crippen molar-refractivity contribution in [3.05, 3.63) is 61.8 Å². The fourth-order valence-electron chi connectivity index (χ4n) is 3.50. The molecule has 0 radical (unpaired) electrons. The summed E-state index contributed by atoms with van der Waals surface area (Å²) < 4.78 is 0. The van der Waals surface area contributed by atoms with Crippen molar-refractivity contribution in [2.45, 2.75) is 46.1 Å². The Morgan fingerprint density at radius 1 is 1.25 bits per heavy atom. The van der Waals surface area contributed by atoms with E-state index in [0.29, 0.717) is 22.1 Å². The molecule has 0 fully saturated rings. The largest absolute Gasteiger partial charge is 0.503 e. The van der Waals surface area contributed by atoms with Gasteiger partial charge in [-0.3, -0.25) is 9.59 Å². The van der Waals surface area contributed by atoms with E-state index in [1.165, 1.54) is 11.3 Å². The summed E-state index contributed by atoms with van der Waals surface area (Å²) in [6, 6.07) is 6.42. The molecular formula is C21H23ClN2O3S. The molecule has 1 atom stereocenters. The summed E-state index contributed by atoms with van der Waals surface area (Å²) in [6.07, 6.45) is 2.78. The molecule has 1 aromatic carbocycles. The minimum absolute atomic E-state index is 0.121. The number of aromatic nitrogens is 1. The van der Waals surface area contributed by atoms with Gasteiger partial charge in [0.05, 0.1) is 27.2 Å². The zero-order chi connectivity index (χ0) is 20.4. The summed E-state index contributed by atoms with van der Waals surface area (Å²) in [7, 11) is 0. The number of halogens is 1. The van der Waals surface area contributed by atoms with E-state index in [0.717, 1.165) is 29.8 Å². The molecule has 1 aliphatic rings. The molecule has 28 heavy (non-hydrogen) atoms. The zero-order valence-electron chi connectivity index (χ0n) is 16.2. The smallest absolute Gasteiger partial charge is 0.290 e. The van der Waals surface area contributed by atoms with Gasteiger partial charge in [-0.15, -0.1) is 11.3 Å². The predicted octanol–water partition coefficient (Wildman–Crippen LogP) is 5.18. The molecule has 0 aliphatic carbocycles. The lowest BCUT2D eigenvalue weighted by molar-refractivity contribution is -0.129. The molecule has 0 spiro atoms. The standard InChI is InChI=1S/C21H23ClN2O3S/c1-4-5-6-11-24-17(14-7-9-15(22)10-8-14)16(19(26)21(24)27)18(25)20-12(2)23-13(3)28-20/h7-10,17,26H,4-6,11H2,1-3H3. The van der Waals surface area contributed by atoms with E-state index < -0.39 is 17.7 Å². The summed E-state index contributed by atoms with van der Waals surface area (Å²) in [4.78, 5) is 32.5. The molecule has 0 saturated heterocycles. The number of nitrogens with zero attached hydrogens (tertiary/aromatic N) is 2. The van der Waals surface area contributed by atoms with E-state index in [4.69, 9.17) is 11.6 Å². The number of benzene rings is 1. The Kier molecular flexibility index (Phi) is 6.20. The monoisotopic (exact) mass is 418 g/mol. The van der Waals surface area contributed by atoms with Crippen molar-refractivity contribution in [1.82, 2.24) is 9.88 Å². The normalized spacial score (nSPS) is 16.9. The second-order valence-electron chi connectivity index (χ2n) is 6.90. The van der Waals surface area contributed by atoms with Gasteiger partial charge in [-0.05, 0) is 38.0 Å². The quantitative estimate of drug-likeness (QED) is 0.496. The van der Waals surface area contributed by atoms with Crippen LogP contribution in [0.5, 0.6) is 0 Å². The number of carbonyl (C=O) groups is 2. The van der Waals surface area contributed by atoms with Crippen LogP contribution in [0.15, 0.2) is 35.6 Å². The van der Waals surface area contributed by atoms with Crippen LogP contribution in [0.3, 0.4) is 0 Å². The van der Waals surface area contributed by atoms with Crippen molar-refractivity contribution in [2.75, 3.05) is 6.54 Å². The van der Waals surface area contributed by atoms with Crippen molar-refractivity contribution in [3.8, 4) is 0 Å². The Hall–Kier alpha value is -2.18. The SMILES string of the molecule is CCCCCN1C(=O)C(O)=C(C(=O)c2sc(C)nc2C)C1c1ccc(Cl)cc1. The van der Waals surface area contributed by atoms with Crippen LogP contribution >= 0.6 is 22.9 Å². The number of aryl methyl sites for hydroxylation is 2. The van der Waals surface area contributed by atoms with Crippen LogP contribution in [0.1, 0.15) is 58.2 Å². The van der Waals surface area contributed by atoms with Gasteiger partial charge in [0.15, 0.2) is 5.76 Å². The van der Waals surface area contributed by atoms with Gasteiger partial charge in [0.25, 0.3) is 5.91 Å². The van der Waals surface area contributed by atoms with Crippen molar-refractivity contribution in [3.63, 3.8) is 0 Å². The number of thiazole rings is 1. The Morgan fingerprint density at radius 2 is 1.93 bits per heavy atom. The number of aliphatic hydroxyl groups is 1. The van der Waals surface area contributed by atoms with Crippen LogP contribution < -0.4 is 0 Å². The second-order valence-corrected chi connectivity index (χ2v) is 8.54. The first-order valence-corrected chi connectivity index (χ1v) is 10.5. The van der Waals surface area contributed by atoms with Gasteiger partial charge in [0, 0.05) is 11.6 Å². The molecule has 7 heteroatoms. The maximum atomic E-state index is 13.3. The molecule has 0 saturated carbocycles. The summed E-state index contributed by atoms with van der Waals surface area (Å²) in [5, 5.41) is 12.0. The van der Waals surface area contributed by atoms with Crippen LogP contribution in [0.2, 0.25) is 5.02 Å². The predicted molar refractivity (Wildman–Crippen MR) is 111 cm³/mol. The van der Waals surface area contributed by atoms with Gasteiger partial charge in [-0.1, -0.05) is 43.5 Å². The minimum atomic E-state index is -0.629. The summed E-state index contributed by atoms with van der Waals surface area (Å²) >= 11 is 7.30. The molecule has 5 nitrogen and oxygen atoms in total. The van der Waals surface area contributed by atoms with E-state index in [1.54, 1.807) is 36.1 Å². The van der Waals surface area contributed by atoms with E-state index in [1.807, 2.05) is 6.92 Å². The molecule has 1 N–H and O–H groups in total. The van der Waals surface area contributed by atoms with E-state index in [9.17, 15) is 14.7 Å². The van der Waals surface area contributed by atoms with E-state index in [2.05, 4.69) is 11.9 Å². The highest BCUT2D eigenvalue weighted by Crippen LogP contribution is 2.40. The fraction of sp³-hybridized carbons (Fsp3) is 0.381.